The van der Waals surface area contributed by atoms with Gasteiger partial charge in [-0.1, -0.05) is 0 Å². The zero-order chi connectivity index (χ0) is 23.8. The van der Waals surface area contributed by atoms with Gasteiger partial charge in [0.05, 0.1) is 0 Å². The van der Waals surface area contributed by atoms with Gasteiger partial charge in [-0.3, -0.25) is 0 Å². The van der Waals surface area contributed by atoms with E-state index in [-0.39, 0.29) is 17.8 Å². The molecule has 1 unspecified atom stereocenters. The number of hydrogen-bond acceptors (Lipinski definition) is 9. The number of hydroxylamine groups is 2. The molecule has 3 amide bonds. The van der Waals surface area contributed by atoms with Crippen LogP contribution in [0.15, 0.2) is 10.6 Å². The van der Waals surface area contributed by atoms with Gasteiger partial charge in [-0.2, -0.15) is 0 Å². The van der Waals surface area contributed by atoms with E-state index in [4.69, 9.17) is 19.2 Å². The molecule has 4 rings (SSSR count). The summed E-state index contributed by atoms with van der Waals surface area (Å²) in [6, 6.07) is 1.02. The predicted molar refractivity (Wildman–Crippen MR) is 114 cm³/mol. The number of nitrogens with one attached hydrogen (secondary N) is 2. The van der Waals surface area contributed by atoms with Crippen LogP contribution in [0.5, 0.6) is 0 Å². The number of alkyl carbamates (subject to hydrolysis) is 1. The van der Waals surface area contributed by atoms with Crippen LogP contribution >= 0.6 is 0 Å². The fourth-order valence-electron chi connectivity index (χ4n) is 4.23. The van der Waals surface area contributed by atoms with Gasteiger partial charge < -0.3 is 0 Å². The topological polar surface area (TPSA) is 153 Å². The summed E-state index contributed by atoms with van der Waals surface area (Å²) in [6.07, 6.45) is 4.35. The van der Waals surface area contributed by atoms with Gasteiger partial charge in [0.2, 0.25) is 0 Å². The van der Waals surface area contributed by atoms with Gasteiger partial charge in [0, 0.05) is 0 Å². The number of aromatic nitrogens is 1. The second kappa shape index (κ2) is 8.59. The number of ether oxygens (including phenoxy) is 1. The molecule has 12 nitrogen and oxygen atoms in total. The van der Waals surface area contributed by atoms with Crippen molar-refractivity contribution in [3.63, 3.8) is 0 Å². The van der Waals surface area contributed by atoms with Crippen LogP contribution < -0.4 is 10.6 Å². The SMILES string of the molecule is CC(C)(C)OC(=O)NC(=BOC#N)NC1(Cc2cc([C@@H]3CCC4CN3C(=O)N4O)no2)CC1. The number of nitriles is 1. The normalized spacial score (nSPS) is 23.5. The van der Waals surface area contributed by atoms with E-state index < -0.39 is 23.3 Å². The van der Waals surface area contributed by atoms with E-state index in [0.717, 1.165) is 25.0 Å². The second-order valence-corrected chi connectivity index (χ2v) is 9.69. The maximum atomic E-state index is 12.2. The average molecular weight is 458 g/mol. The molecule has 2 aliphatic heterocycles. The molecule has 1 saturated carbocycles. The van der Waals surface area contributed by atoms with Crippen LogP contribution in [-0.2, 0) is 15.8 Å². The Labute approximate surface area is 191 Å². The molecule has 176 valence electrons. The summed E-state index contributed by atoms with van der Waals surface area (Å²) in [5, 5.41) is 29.4. The molecule has 2 bridgehead atoms. The molecule has 0 radical (unpaired) electrons. The first kappa shape index (κ1) is 22.9. The molecular weight excluding hydrogens is 431 g/mol. The third-order valence-electron chi connectivity index (χ3n) is 5.89. The third-order valence-corrected chi connectivity index (χ3v) is 5.89. The summed E-state index contributed by atoms with van der Waals surface area (Å²) in [4.78, 5) is 26.0. The fraction of sp³-hybridized carbons (Fsp3) is 0.650. The summed E-state index contributed by atoms with van der Waals surface area (Å²) < 4.78 is 15.5. The zero-order valence-electron chi connectivity index (χ0n) is 18.8. The first-order chi connectivity index (χ1) is 15.6. The van der Waals surface area contributed by atoms with Crippen LogP contribution in [0.3, 0.4) is 0 Å². The quantitative estimate of drug-likeness (QED) is 0.313. The summed E-state index contributed by atoms with van der Waals surface area (Å²) in [5.41, 5.74) is -0.230. The number of hydrogen-bond donors (Lipinski definition) is 3. The van der Waals surface area contributed by atoms with Crippen molar-refractivity contribution in [2.75, 3.05) is 6.54 Å². The molecule has 0 spiro atoms. The van der Waals surface area contributed by atoms with E-state index in [1.165, 1.54) is 0 Å². The number of amides is 3. The van der Waals surface area contributed by atoms with Crippen LogP contribution in [-0.4, -0.2) is 69.0 Å². The van der Waals surface area contributed by atoms with Gasteiger partial charge in [0.15, 0.2) is 0 Å². The minimum absolute atomic E-state index is 0.169. The number of fused-ring (bicyclic) bond motifs is 2. The van der Waals surface area contributed by atoms with Crippen molar-refractivity contribution >= 4 is 25.0 Å². The van der Waals surface area contributed by atoms with Gasteiger partial charge >= 0.3 is 191 Å². The third kappa shape index (κ3) is 5.22. The first-order valence-corrected chi connectivity index (χ1v) is 10.9. The number of carbonyl (C=O) groups is 2. The fourth-order valence-corrected chi connectivity index (χ4v) is 4.23. The molecule has 3 aliphatic rings. The van der Waals surface area contributed by atoms with Gasteiger partial charge in [-0.05, 0) is 0 Å². The molecule has 1 aromatic heterocycles. The Morgan fingerprint density at radius 3 is 2.88 bits per heavy atom. The number of urea groups is 1. The molecule has 33 heavy (non-hydrogen) atoms. The molecule has 3 heterocycles. The van der Waals surface area contributed by atoms with Crippen molar-refractivity contribution in [3.05, 3.63) is 17.5 Å². The number of carbonyl (C=O) groups excluding carboxylic acids is 2. The van der Waals surface area contributed by atoms with E-state index in [9.17, 15) is 14.8 Å². The molecule has 13 heteroatoms. The first-order valence-electron chi connectivity index (χ1n) is 10.9. The molecule has 2 atom stereocenters. The van der Waals surface area contributed by atoms with Gasteiger partial charge in [-0.25, -0.2) is 0 Å². The molecule has 1 aromatic rings. The van der Waals surface area contributed by atoms with E-state index in [0.29, 0.717) is 37.3 Å². The maximum absolute atomic E-state index is 12.2. The molecular formula is C20H27BN6O6. The van der Waals surface area contributed by atoms with Gasteiger partial charge in [-0.15, -0.1) is 0 Å². The van der Waals surface area contributed by atoms with Gasteiger partial charge in [0.25, 0.3) is 0 Å². The van der Waals surface area contributed by atoms with E-state index in [1.54, 1.807) is 31.9 Å². The van der Waals surface area contributed by atoms with E-state index in [2.05, 4.69) is 15.8 Å². The minimum atomic E-state index is -0.679. The molecule has 0 aromatic carbocycles. The van der Waals surface area contributed by atoms with E-state index >= 15 is 0 Å². The van der Waals surface area contributed by atoms with Crippen LogP contribution in [0.2, 0.25) is 0 Å². The monoisotopic (exact) mass is 458 g/mol. The Hall–Kier alpha value is -3.27. The number of rotatable bonds is 7. The van der Waals surface area contributed by atoms with Gasteiger partial charge in [0.1, 0.15) is 0 Å². The van der Waals surface area contributed by atoms with E-state index in [1.807, 2.05) is 6.07 Å². The molecule has 3 N–H and O–H groups in total. The summed E-state index contributed by atoms with van der Waals surface area (Å²) in [6.45, 7) is 5.72. The van der Waals surface area contributed by atoms with Crippen molar-refractivity contribution < 1.29 is 28.7 Å². The summed E-state index contributed by atoms with van der Waals surface area (Å²) >= 11 is 0. The average Bonchev–Trinajstić information content (AvgIpc) is 3.26. The van der Waals surface area contributed by atoms with Crippen molar-refractivity contribution in [1.29, 1.82) is 5.26 Å². The van der Waals surface area contributed by atoms with Crippen molar-refractivity contribution in [1.82, 2.24) is 25.8 Å². The number of piperidine rings is 1. The zero-order valence-corrected chi connectivity index (χ0v) is 18.8. The Balaban J connectivity index is 1.40. The van der Waals surface area contributed by atoms with Crippen molar-refractivity contribution in [2.24, 2.45) is 0 Å². The second-order valence-electron chi connectivity index (χ2n) is 9.69. The van der Waals surface area contributed by atoms with Crippen LogP contribution in [0.4, 0.5) is 9.59 Å². The predicted octanol–water partition coefficient (Wildman–Crippen LogP) is 1.40. The Bertz CT molecular complexity index is 994. The van der Waals surface area contributed by atoms with Crippen molar-refractivity contribution in [3.8, 4) is 6.26 Å². The number of nitrogens with zero attached hydrogens (tertiary/aromatic N) is 4. The van der Waals surface area contributed by atoms with Crippen LogP contribution in [0.25, 0.3) is 0 Å². The summed E-state index contributed by atoms with van der Waals surface area (Å²) in [5.74, 6) is 0.627. The molecule has 3 fully saturated rings. The molecule has 2 saturated heterocycles. The molecule has 1 aliphatic carbocycles. The van der Waals surface area contributed by atoms with Crippen molar-refractivity contribution in [2.45, 2.75) is 76.1 Å². The summed E-state index contributed by atoms with van der Waals surface area (Å²) in [7, 11) is 1.12. The Morgan fingerprint density at radius 2 is 2.21 bits per heavy atom. The van der Waals surface area contributed by atoms with Crippen LogP contribution in [0, 0.1) is 11.5 Å². The Kier molecular flexibility index (Phi) is 5.96. The Morgan fingerprint density at radius 1 is 1.45 bits per heavy atom. The van der Waals surface area contributed by atoms with Crippen LogP contribution in [0.1, 0.15) is 64.0 Å². The standard InChI is InChI=1S/C20H27BN6O6/c1-19(2,3)32-17(28)23-16(21-31-11-22)24-20(6-7-20)9-13-8-14(25-33-13)15-5-4-12-10-26(15)18(29)27(12)30/h8,12,15,24,30H,4-7,9-10H2,1-3H3,(H,23,28)/t12?,15-/m0/s1.